The van der Waals surface area contributed by atoms with Gasteiger partial charge in [0.2, 0.25) is 0 Å². The van der Waals surface area contributed by atoms with Crippen molar-refractivity contribution >= 4 is 5.78 Å². The van der Waals surface area contributed by atoms with Gasteiger partial charge in [0.1, 0.15) is 5.78 Å². The lowest BCUT2D eigenvalue weighted by molar-refractivity contribution is -0.122. The van der Waals surface area contributed by atoms with Gasteiger partial charge in [-0.15, -0.1) is 0 Å². The molecule has 1 aliphatic heterocycles. The molecule has 3 nitrogen and oxygen atoms in total. The van der Waals surface area contributed by atoms with Gasteiger partial charge in [0.15, 0.2) is 0 Å². The van der Waals surface area contributed by atoms with Crippen LogP contribution in [0.25, 0.3) is 0 Å². The van der Waals surface area contributed by atoms with Gasteiger partial charge in [-0.05, 0) is 12.8 Å². The Bertz CT molecular complexity index is 187. The maximum absolute atomic E-state index is 11.3. The van der Waals surface area contributed by atoms with Gasteiger partial charge in [-0.1, -0.05) is 0 Å². The van der Waals surface area contributed by atoms with Crippen LogP contribution in [-0.2, 0) is 4.79 Å². The van der Waals surface area contributed by atoms with E-state index < -0.39 is 0 Å². The Balaban J connectivity index is 1.87. The maximum Gasteiger partial charge on any atom is 0.134 e. The van der Waals surface area contributed by atoms with Gasteiger partial charge < -0.3 is 5.32 Å². The van der Waals surface area contributed by atoms with E-state index in [1.54, 1.807) is 0 Å². The van der Waals surface area contributed by atoms with Crippen LogP contribution in [0.15, 0.2) is 0 Å². The highest BCUT2D eigenvalue weighted by Crippen LogP contribution is 2.20. The van der Waals surface area contributed by atoms with Crippen LogP contribution in [-0.4, -0.2) is 42.9 Å². The number of nitrogens with zero attached hydrogens (tertiary/aromatic N) is 1. The second kappa shape index (κ2) is 4.20. The van der Waals surface area contributed by atoms with E-state index in [0.717, 1.165) is 45.4 Å². The molecule has 1 N–H and O–H groups in total. The van der Waals surface area contributed by atoms with Crippen LogP contribution in [0.1, 0.15) is 25.7 Å². The summed E-state index contributed by atoms with van der Waals surface area (Å²) in [6.45, 7) is 4.42. The molecule has 3 heteroatoms. The van der Waals surface area contributed by atoms with Crippen LogP contribution >= 0.6 is 0 Å². The largest absolute Gasteiger partial charge is 0.314 e. The van der Waals surface area contributed by atoms with E-state index in [4.69, 9.17) is 0 Å². The second-order valence-electron chi connectivity index (χ2n) is 4.07. The average molecular weight is 182 g/mol. The Morgan fingerprint density at radius 2 is 2.08 bits per heavy atom. The molecule has 0 spiro atoms. The smallest absolute Gasteiger partial charge is 0.134 e. The number of piperazine rings is 1. The highest BCUT2D eigenvalue weighted by molar-refractivity contribution is 5.79. The summed E-state index contributed by atoms with van der Waals surface area (Å²) in [5, 5.41) is 3.34. The molecule has 1 heterocycles. The van der Waals surface area contributed by atoms with Crippen molar-refractivity contribution < 1.29 is 4.79 Å². The standard InChI is InChI=1S/C10H18N2O/c13-10-3-1-2-9(8-10)12-6-4-11-5-7-12/h9,11H,1-8H2. The number of hydrogen-bond acceptors (Lipinski definition) is 3. The molecule has 0 aromatic rings. The number of ketones is 1. The van der Waals surface area contributed by atoms with Crippen LogP contribution in [0, 0.1) is 0 Å². The lowest BCUT2D eigenvalue weighted by Crippen LogP contribution is -2.49. The molecule has 1 saturated carbocycles. The first-order valence-corrected chi connectivity index (χ1v) is 5.33. The summed E-state index contributed by atoms with van der Waals surface area (Å²) in [4.78, 5) is 13.8. The minimum atomic E-state index is 0.467. The Hall–Kier alpha value is -0.410. The maximum atomic E-state index is 11.3. The zero-order chi connectivity index (χ0) is 9.10. The molecule has 1 aliphatic carbocycles. The van der Waals surface area contributed by atoms with E-state index in [1.165, 1.54) is 6.42 Å². The summed E-state index contributed by atoms with van der Waals surface area (Å²) in [5.41, 5.74) is 0. The zero-order valence-electron chi connectivity index (χ0n) is 8.09. The van der Waals surface area contributed by atoms with E-state index in [1.807, 2.05) is 0 Å². The van der Waals surface area contributed by atoms with Crippen molar-refractivity contribution in [3.8, 4) is 0 Å². The molecule has 2 rings (SSSR count). The van der Waals surface area contributed by atoms with Crippen LogP contribution in [0.5, 0.6) is 0 Å². The van der Waals surface area contributed by atoms with Crippen LogP contribution in [0.2, 0.25) is 0 Å². The summed E-state index contributed by atoms with van der Waals surface area (Å²) in [5.74, 6) is 0.467. The second-order valence-corrected chi connectivity index (χ2v) is 4.07. The molecule has 13 heavy (non-hydrogen) atoms. The summed E-state index contributed by atoms with van der Waals surface area (Å²) in [6, 6.07) is 0.559. The highest BCUT2D eigenvalue weighted by Gasteiger charge is 2.25. The van der Waals surface area contributed by atoms with E-state index in [-0.39, 0.29) is 0 Å². The number of nitrogens with one attached hydrogen (secondary N) is 1. The molecule has 1 saturated heterocycles. The summed E-state index contributed by atoms with van der Waals surface area (Å²) < 4.78 is 0. The SMILES string of the molecule is O=C1CCCC(N2CCNCC2)C1. The topological polar surface area (TPSA) is 32.3 Å². The Morgan fingerprint density at radius 1 is 1.31 bits per heavy atom. The fourth-order valence-corrected chi connectivity index (χ4v) is 2.36. The first-order valence-electron chi connectivity index (χ1n) is 5.33. The van der Waals surface area contributed by atoms with Crippen LogP contribution < -0.4 is 5.32 Å². The molecule has 1 atom stereocenters. The molecule has 1 unspecified atom stereocenters. The molecule has 0 aromatic carbocycles. The van der Waals surface area contributed by atoms with Gasteiger partial charge in [-0.3, -0.25) is 9.69 Å². The molecule has 0 amide bonds. The van der Waals surface area contributed by atoms with Crippen molar-refractivity contribution in [2.24, 2.45) is 0 Å². The number of carbonyl (C=O) groups excluding carboxylic acids is 1. The molecular weight excluding hydrogens is 164 g/mol. The quantitative estimate of drug-likeness (QED) is 0.637. The fraction of sp³-hybridized carbons (Fsp3) is 0.900. The Morgan fingerprint density at radius 3 is 2.77 bits per heavy atom. The van der Waals surface area contributed by atoms with Crippen LogP contribution in [0.3, 0.4) is 0 Å². The van der Waals surface area contributed by atoms with Crippen molar-refractivity contribution in [1.82, 2.24) is 10.2 Å². The van der Waals surface area contributed by atoms with Crippen molar-refractivity contribution in [2.45, 2.75) is 31.7 Å². The van der Waals surface area contributed by atoms with Crippen molar-refractivity contribution in [3.63, 3.8) is 0 Å². The number of carbonyl (C=O) groups is 1. The molecule has 2 fully saturated rings. The van der Waals surface area contributed by atoms with Gasteiger partial charge >= 0.3 is 0 Å². The first kappa shape index (κ1) is 9.16. The molecule has 0 bridgehead atoms. The summed E-state index contributed by atoms with van der Waals surface area (Å²) in [6.07, 6.45) is 3.96. The molecule has 0 aromatic heterocycles. The van der Waals surface area contributed by atoms with Crippen molar-refractivity contribution in [3.05, 3.63) is 0 Å². The average Bonchev–Trinajstić information content (AvgIpc) is 2.19. The summed E-state index contributed by atoms with van der Waals surface area (Å²) in [7, 11) is 0. The molecule has 2 aliphatic rings. The number of Topliss-reactive ketones (excluding diaryl/α,β-unsaturated/α-hetero) is 1. The van der Waals surface area contributed by atoms with E-state index >= 15 is 0 Å². The number of hydrogen-bond donors (Lipinski definition) is 1. The van der Waals surface area contributed by atoms with E-state index in [9.17, 15) is 4.79 Å². The fourth-order valence-electron chi connectivity index (χ4n) is 2.36. The van der Waals surface area contributed by atoms with Gasteiger partial charge in [-0.2, -0.15) is 0 Å². The first-order chi connectivity index (χ1) is 6.36. The third-order valence-electron chi connectivity index (χ3n) is 3.12. The van der Waals surface area contributed by atoms with E-state index in [2.05, 4.69) is 10.2 Å². The third-order valence-corrected chi connectivity index (χ3v) is 3.12. The van der Waals surface area contributed by atoms with E-state index in [0.29, 0.717) is 11.8 Å². The van der Waals surface area contributed by atoms with Gasteiger partial charge in [0.25, 0.3) is 0 Å². The molecular formula is C10H18N2O. The summed E-state index contributed by atoms with van der Waals surface area (Å²) >= 11 is 0. The minimum absolute atomic E-state index is 0.467. The number of rotatable bonds is 1. The molecule has 74 valence electrons. The lowest BCUT2D eigenvalue weighted by Gasteiger charge is -2.36. The van der Waals surface area contributed by atoms with Gasteiger partial charge in [0, 0.05) is 45.1 Å². The zero-order valence-corrected chi connectivity index (χ0v) is 8.09. The lowest BCUT2D eigenvalue weighted by atomic mass is 9.93. The Kier molecular flexibility index (Phi) is 2.96. The van der Waals surface area contributed by atoms with Gasteiger partial charge in [-0.25, -0.2) is 0 Å². The molecule has 0 radical (unpaired) electrons. The predicted octanol–water partition coefficient (Wildman–Crippen LogP) is 0.403. The van der Waals surface area contributed by atoms with Crippen molar-refractivity contribution in [2.75, 3.05) is 26.2 Å². The normalized spacial score (nSPS) is 32.0. The highest BCUT2D eigenvalue weighted by atomic mass is 16.1. The third kappa shape index (κ3) is 2.29. The monoisotopic (exact) mass is 182 g/mol. The van der Waals surface area contributed by atoms with Gasteiger partial charge in [0.05, 0.1) is 0 Å². The predicted molar refractivity (Wildman–Crippen MR) is 51.7 cm³/mol. The minimum Gasteiger partial charge on any atom is -0.314 e. The Labute approximate surface area is 79.5 Å². The van der Waals surface area contributed by atoms with Crippen LogP contribution in [0.4, 0.5) is 0 Å². The van der Waals surface area contributed by atoms with Crippen molar-refractivity contribution in [1.29, 1.82) is 0 Å².